The molecule has 0 N–H and O–H groups in total. The van der Waals surface area contributed by atoms with Crippen LogP contribution < -0.4 is 4.74 Å². The van der Waals surface area contributed by atoms with Crippen LogP contribution in [0.25, 0.3) is 5.57 Å². The van der Waals surface area contributed by atoms with Gasteiger partial charge in [0.05, 0.1) is 32.5 Å². The maximum absolute atomic E-state index is 11.9. The maximum Gasteiger partial charge on any atom is 0.339 e. The van der Waals surface area contributed by atoms with Crippen LogP contribution in [-0.2, 0) is 25.5 Å². The molecule has 1 aromatic rings. The fraction of sp³-hybridized carbons (Fsp3) is 0.286. The van der Waals surface area contributed by atoms with Crippen LogP contribution in [0, 0.1) is 0 Å². The van der Waals surface area contributed by atoms with Gasteiger partial charge in [0, 0.05) is 6.42 Å². The van der Waals surface area contributed by atoms with Crippen molar-refractivity contribution in [3.8, 4) is 5.75 Å². The number of methoxy groups -OCH3 is 3. The zero-order valence-electron chi connectivity index (χ0n) is 11.0. The summed E-state index contributed by atoms with van der Waals surface area (Å²) >= 11 is 0. The van der Waals surface area contributed by atoms with Gasteiger partial charge in [-0.25, -0.2) is 9.59 Å². The standard InChI is InChI=1S/C14H14O5/c1-17-9-5-4-8-6-11(13(15)18-2)12(10(8)7-9)14(16)19-3/h4-5,7H,6H2,1-3H3. The minimum Gasteiger partial charge on any atom is -0.497 e. The number of ether oxygens (including phenoxy) is 3. The number of carbonyl (C=O) groups is 2. The summed E-state index contributed by atoms with van der Waals surface area (Å²) in [6, 6.07) is 5.33. The lowest BCUT2D eigenvalue weighted by Crippen LogP contribution is -2.11. The third kappa shape index (κ3) is 2.19. The number of fused-ring (bicyclic) bond motifs is 1. The van der Waals surface area contributed by atoms with Crippen molar-refractivity contribution in [3.05, 3.63) is 34.9 Å². The van der Waals surface area contributed by atoms with E-state index in [4.69, 9.17) is 14.2 Å². The van der Waals surface area contributed by atoms with Crippen LogP contribution in [0.2, 0.25) is 0 Å². The molecule has 1 aromatic carbocycles. The summed E-state index contributed by atoms with van der Waals surface area (Å²) in [6.07, 6.45) is 0.358. The van der Waals surface area contributed by atoms with Crippen molar-refractivity contribution in [2.75, 3.05) is 21.3 Å². The second-order valence-electron chi connectivity index (χ2n) is 4.04. The van der Waals surface area contributed by atoms with Crippen LogP contribution in [0.1, 0.15) is 11.1 Å². The highest BCUT2D eigenvalue weighted by atomic mass is 16.5. The summed E-state index contributed by atoms with van der Waals surface area (Å²) in [6.45, 7) is 0. The van der Waals surface area contributed by atoms with E-state index in [1.807, 2.05) is 6.07 Å². The predicted octanol–water partition coefficient (Wildman–Crippen LogP) is 1.35. The summed E-state index contributed by atoms with van der Waals surface area (Å²) < 4.78 is 14.6. The van der Waals surface area contributed by atoms with Crippen molar-refractivity contribution in [2.24, 2.45) is 0 Å². The molecule has 5 heteroatoms. The Morgan fingerprint density at radius 1 is 1.05 bits per heavy atom. The van der Waals surface area contributed by atoms with Gasteiger partial charge in [-0.15, -0.1) is 0 Å². The highest BCUT2D eigenvalue weighted by Gasteiger charge is 2.32. The summed E-state index contributed by atoms with van der Waals surface area (Å²) in [5.74, 6) is -0.450. The summed E-state index contributed by atoms with van der Waals surface area (Å²) in [4.78, 5) is 23.6. The molecule has 2 rings (SSSR count). The minimum atomic E-state index is -0.549. The van der Waals surface area contributed by atoms with E-state index in [1.165, 1.54) is 14.2 Å². The third-order valence-electron chi connectivity index (χ3n) is 3.08. The lowest BCUT2D eigenvalue weighted by atomic mass is 10.1. The molecule has 1 aliphatic carbocycles. The molecule has 0 saturated carbocycles. The Morgan fingerprint density at radius 2 is 1.74 bits per heavy atom. The van der Waals surface area contributed by atoms with Crippen molar-refractivity contribution < 1.29 is 23.8 Å². The van der Waals surface area contributed by atoms with Gasteiger partial charge < -0.3 is 14.2 Å². The van der Waals surface area contributed by atoms with Crippen LogP contribution >= 0.6 is 0 Å². The molecule has 0 radical (unpaired) electrons. The molecule has 0 bridgehead atoms. The topological polar surface area (TPSA) is 61.8 Å². The van der Waals surface area contributed by atoms with Crippen molar-refractivity contribution in [3.63, 3.8) is 0 Å². The number of hydrogen-bond donors (Lipinski definition) is 0. The molecule has 0 aromatic heterocycles. The van der Waals surface area contributed by atoms with Crippen molar-refractivity contribution in [1.82, 2.24) is 0 Å². The van der Waals surface area contributed by atoms with E-state index in [1.54, 1.807) is 19.2 Å². The first-order valence-corrected chi connectivity index (χ1v) is 5.69. The van der Waals surface area contributed by atoms with Crippen LogP contribution in [0.4, 0.5) is 0 Å². The van der Waals surface area contributed by atoms with Crippen LogP contribution in [0.5, 0.6) is 5.75 Å². The average Bonchev–Trinajstić information content (AvgIpc) is 2.83. The van der Waals surface area contributed by atoms with Gasteiger partial charge in [0.1, 0.15) is 5.75 Å². The Morgan fingerprint density at radius 3 is 2.32 bits per heavy atom. The molecular formula is C14H14O5. The van der Waals surface area contributed by atoms with E-state index in [-0.39, 0.29) is 5.57 Å². The van der Waals surface area contributed by atoms with Crippen LogP contribution in [0.15, 0.2) is 23.8 Å². The fourth-order valence-electron chi connectivity index (χ4n) is 2.14. The molecule has 1 aliphatic rings. The Labute approximate surface area is 110 Å². The second kappa shape index (κ2) is 5.14. The van der Waals surface area contributed by atoms with E-state index in [2.05, 4.69) is 0 Å². The number of benzene rings is 1. The van der Waals surface area contributed by atoms with Gasteiger partial charge in [0.25, 0.3) is 0 Å². The molecule has 0 heterocycles. The van der Waals surface area contributed by atoms with Gasteiger partial charge in [-0.05, 0) is 23.3 Å². The van der Waals surface area contributed by atoms with Crippen molar-refractivity contribution >= 4 is 17.5 Å². The van der Waals surface area contributed by atoms with E-state index in [0.717, 1.165) is 5.56 Å². The molecule has 0 spiro atoms. The van der Waals surface area contributed by atoms with Gasteiger partial charge in [-0.2, -0.15) is 0 Å². The first kappa shape index (κ1) is 13.1. The lowest BCUT2D eigenvalue weighted by Gasteiger charge is -2.07. The van der Waals surface area contributed by atoms with Gasteiger partial charge in [-0.1, -0.05) is 6.07 Å². The van der Waals surface area contributed by atoms with Crippen molar-refractivity contribution in [2.45, 2.75) is 6.42 Å². The SMILES string of the molecule is COC(=O)C1=C(C(=O)OC)c2cc(OC)ccc2C1. The van der Waals surface area contributed by atoms with Gasteiger partial charge in [0.2, 0.25) is 0 Å². The molecule has 100 valence electrons. The highest BCUT2D eigenvalue weighted by molar-refractivity contribution is 6.24. The minimum absolute atomic E-state index is 0.253. The Kier molecular flexibility index (Phi) is 3.55. The number of rotatable bonds is 3. The van der Waals surface area contributed by atoms with E-state index in [9.17, 15) is 9.59 Å². The predicted molar refractivity (Wildman–Crippen MR) is 67.7 cm³/mol. The highest BCUT2D eigenvalue weighted by Crippen LogP contribution is 2.36. The largest absolute Gasteiger partial charge is 0.497 e. The second-order valence-corrected chi connectivity index (χ2v) is 4.04. The molecule has 0 atom stereocenters. The molecule has 0 unspecified atom stereocenters. The number of hydrogen-bond acceptors (Lipinski definition) is 5. The summed E-state index contributed by atoms with van der Waals surface area (Å²) in [5.41, 5.74) is 2.11. The Hall–Kier alpha value is -2.30. The van der Waals surface area contributed by atoms with Crippen LogP contribution in [-0.4, -0.2) is 33.3 Å². The molecule has 0 fully saturated rings. The maximum atomic E-state index is 11.9. The molecule has 0 saturated heterocycles. The summed E-state index contributed by atoms with van der Waals surface area (Å²) in [7, 11) is 4.11. The fourth-order valence-corrected chi connectivity index (χ4v) is 2.14. The van der Waals surface area contributed by atoms with Gasteiger partial charge >= 0.3 is 11.9 Å². The van der Waals surface area contributed by atoms with Gasteiger partial charge in [0.15, 0.2) is 0 Å². The molecule has 0 amide bonds. The monoisotopic (exact) mass is 262 g/mol. The van der Waals surface area contributed by atoms with E-state index >= 15 is 0 Å². The molecule has 0 aliphatic heterocycles. The third-order valence-corrected chi connectivity index (χ3v) is 3.08. The van der Waals surface area contributed by atoms with E-state index < -0.39 is 11.9 Å². The zero-order valence-corrected chi connectivity index (χ0v) is 11.0. The quantitative estimate of drug-likeness (QED) is 0.769. The first-order chi connectivity index (χ1) is 9.12. The summed E-state index contributed by atoms with van der Waals surface area (Å²) in [5, 5.41) is 0. The number of esters is 2. The zero-order chi connectivity index (χ0) is 14.0. The smallest absolute Gasteiger partial charge is 0.339 e. The Bertz CT molecular complexity index is 571. The molecule has 5 nitrogen and oxygen atoms in total. The molecule has 19 heavy (non-hydrogen) atoms. The lowest BCUT2D eigenvalue weighted by molar-refractivity contribution is -0.137. The van der Waals surface area contributed by atoms with Gasteiger partial charge in [-0.3, -0.25) is 0 Å². The van der Waals surface area contributed by atoms with E-state index in [0.29, 0.717) is 23.3 Å². The van der Waals surface area contributed by atoms with Crippen LogP contribution in [0.3, 0.4) is 0 Å². The number of carbonyl (C=O) groups excluding carboxylic acids is 2. The normalized spacial score (nSPS) is 13.0. The van der Waals surface area contributed by atoms with Crippen molar-refractivity contribution in [1.29, 1.82) is 0 Å². The Balaban J connectivity index is 2.57. The first-order valence-electron chi connectivity index (χ1n) is 5.69. The average molecular weight is 262 g/mol. The molecular weight excluding hydrogens is 248 g/mol.